The maximum atomic E-state index is 12.6. The van der Waals surface area contributed by atoms with E-state index in [9.17, 15) is 13.6 Å². The van der Waals surface area contributed by atoms with Crippen LogP contribution in [0, 0.1) is 6.92 Å². The Bertz CT molecular complexity index is 396. The number of carboxylic acids is 1. The van der Waals surface area contributed by atoms with Crippen LogP contribution in [0.2, 0.25) is 0 Å². The monoisotopic (exact) mass is 279 g/mol. The average Bonchev–Trinajstić information content (AvgIpc) is 2.16. The highest BCUT2D eigenvalue weighted by Gasteiger charge is 2.18. The molecule has 0 bridgehead atoms. The molecule has 1 N–H and O–H groups in total. The molecule has 0 aromatic carbocycles. The van der Waals surface area contributed by atoms with Crippen LogP contribution in [-0.4, -0.2) is 16.1 Å². The summed E-state index contributed by atoms with van der Waals surface area (Å²) in [4.78, 5) is 14.3. The van der Waals surface area contributed by atoms with Crippen LogP contribution in [0.5, 0.6) is 0 Å². The van der Waals surface area contributed by atoms with Gasteiger partial charge in [0.05, 0.1) is 0 Å². The number of aromatic carboxylic acids is 1. The fraction of sp³-hybridized carbons (Fsp3) is 0.333. The Morgan fingerprint density at radius 1 is 1.67 bits per heavy atom. The summed E-state index contributed by atoms with van der Waals surface area (Å²) >= 11 is 3.07. The summed E-state index contributed by atoms with van der Waals surface area (Å²) in [6.07, 6.45) is -2.70. The molecule has 0 aliphatic carbocycles. The van der Waals surface area contributed by atoms with Crippen molar-refractivity contribution in [3.8, 4) is 0 Å². The van der Waals surface area contributed by atoms with Crippen molar-refractivity contribution in [2.75, 3.05) is 0 Å². The number of hydrogen-bond acceptors (Lipinski definition) is 2. The van der Waals surface area contributed by atoms with Crippen LogP contribution >= 0.6 is 15.9 Å². The quantitative estimate of drug-likeness (QED) is 0.866. The summed E-state index contributed by atoms with van der Waals surface area (Å²) in [6, 6.07) is 0.913. The van der Waals surface area contributed by atoms with Gasteiger partial charge in [0.2, 0.25) is 0 Å². The molecule has 1 rings (SSSR count). The van der Waals surface area contributed by atoms with E-state index in [1.54, 1.807) is 0 Å². The minimum atomic E-state index is -2.70. The summed E-state index contributed by atoms with van der Waals surface area (Å²) in [5.41, 5.74) is 0.0151. The van der Waals surface area contributed by atoms with Gasteiger partial charge in [-0.05, 0) is 18.6 Å². The summed E-state index contributed by atoms with van der Waals surface area (Å²) in [5.74, 6) is -1.30. The van der Waals surface area contributed by atoms with Gasteiger partial charge in [-0.25, -0.2) is 18.6 Å². The van der Waals surface area contributed by atoms with Crippen molar-refractivity contribution in [3.05, 3.63) is 28.6 Å². The third-order valence-electron chi connectivity index (χ3n) is 1.95. The van der Waals surface area contributed by atoms with Crippen molar-refractivity contribution in [2.45, 2.75) is 18.7 Å². The van der Waals surface area contributed by atoms with Gasteiger partial charge < -0.3 is 5.11 Å². The van der Waals surface area contributed by atoms with Crippen LogP contribution in [0.4, 0.5) is 8.78 Å². The fourth-order valence-corrected chi connectivity index (χ4v) is 1.93. The number of carboxylic acid groups (broad SMARTS) is 1. The number of carbonyl (C=O) groups is 1. The smallest absolute Gasteiger partial charge is 0.354 e. The lowest BCUT2D eigenvalue weighted by Gasteiger charge is -2.10. The second-order valence-electron chi connectivity index (χ2n) is 2.90. The van der Waals surface area contributed by atoms with Crippen molar-refractivity contribution in [2.24, 2.45) is 0 Å². The number of aryl methyl sites for hydroxylation is 1. The zero-order valence-corrected chi connectivity index (χ0v) is 9.38. The molecular weight excluding hydrogens is 272 g/mol. The van der Waals surface area contributed by atoms with Crippen molar-refractivity contribution < 1.29 is 18.7 Å². The minimum absolute atomic E-state index is 0.228. The molecule has 0 saturated heterocycles. The molecule has 0 aliphatic heterocycles. The number of nitrogens with zero attached hydrogens (tertiary/aromatic N) is 1. The number of halogens is 3. The third kappa shape index (κ3) is 2.50. The molecule has 0 fully saturated rings. The van der Waals surface area contributed by atoms with Crippen molar-refractivity contribution >= 4 is 21.9 Å². The molecule has 0 spiro atoms. The highest BCUT2D eigenvalue weighted by Crippen LogP contribution is 2.27. The van der Waals surface area contributed by atoms with Gasteiger partial charge in [-0.1, -0.05) is 15.9 Å². The summed E-state index contributed by atoms with van der Waals surface area (Å²) < 4.78 is 25.2. The third-order valence-corrected chi connectivity index (χ3v) is 2.51. The highest BCUT2D eigenvalue weighted by atomic mass is 79.9. The van der Waals surface area contributed by atoms with E-state index >= 15 is 0 Å². The van der Waals surface area contributed by atoms with E-state index in [0.29, 0.717) is 11.3 Å². The highest BCUT2D eigenvalue weighted by molar-refractivity contribution is 9.08. The van der Waals surface area contributed by atoms with Crippen molar-refractivity contribution in [1.82, 2.24) is 4.98 Å². The Morgan fingerprint density at radius 3 is 2.67 bits per heavy atom. The number of alkyl halides is 3. The van der Waals surface area contributed by atoms with Gasteiger partial charge >= 0.3 is 5.97 Å². The van der Waals surface area contributed by atoms with Crippen LogP contribution in [0.1, 0.15) is 33.7 Å². The van der Waals surface area contributed by atoms with E-state index < -0.39 is 12.4 Å². The van der Waals surface area contributed by atoms with Crippen LogP contribution in [0.3, 0.4) is 0 Å². The standard InChI is InChI=1S/C9H8BrF2NO2/c1-4-6(3-10)5(8(11)12)2-7(13-4)9(14)15/h2,8H,3H2,1H3,(H,14,15). The van der Waals surface area contributed by atoms with E-state index in [-0.39, 0.29) is 16.6 Å². The van der Waals surface area contributed by atoms with Gasteiger partial charge in [0.15, 0.2) is 0 Å². The lowest BCUT2D eigenvalue weighted by molar-refractivity contribution is 0.0689. The molecule has 3 nitrogen and oxygen atoms in total. The molecule has 0 amide bonds. The topological polar surface area (TPSA) is 50.2 Å². The first-order chi connectivity index (χ1) is 6.97. The molecule has 1 aromatic heterocycles. The zero-order valence-electron chi connectivity index (χ0n) is 7.80. The number of aromatic nitrogens is 1. The number of hydrogen-bond donors (Lipinski definition) is 1. The molecule has 1 heterocycles. The van der Waals surface area contributed by atoms with Gasteiger partial charge in [0.25, 0.3) is 6.43 Å². The second kappa shape index (κ2) is 4.65. The van der Waals surface area contributed by atoms with E-state index in [1.807, 2.05) is 0 Å². The molecule has 0 unspecified atom stereocenters. The zero-order chi connectivity index (χ0) is 11.6. The average molecular weight is 280 g/mol. The summed E-state index contributed by atoms with van der Waals surface area (Å²) in [7, 11) is 0. The van der Waals surface area contributed by atoms with E-state index in [1.165, 1.54) is 6.92 Å². The van der Waals surface area contributed by atoms with Crippen molar-refractivity contribution in [3.63, 3.8) is 0 Å². The summed E-state index contributed by atoms with van der Waals surface area (Å²) in [6.45, 7) is 1.51. The van der Waals surface area contributed by atoms with Gasteiger partial charge in [-0.3, -0.25) is 0 Å². The van der Waals surface area contributed by atoms with E-state index in [4.69, 9.17) is 5.11 Å². The SMILES string of the molecule is Cc1nc(C(=O)O)cc(C(F)F)c1CBr. The van der Waals surface area contributed by atoms with Crippen molar-refractivity contribution in [1.29, 1.82) is 0 Å². The second-order valence-corrected chi connectivity index (χ2v) is 3.46. The molecule has 82 valence electrons. The molecular formula is C9H8BrF2NO2. The molecule has 6 heteroatoms. The van der Waals surface area contributed by atoms with Crippen LogP contribution in [0.15, 0.2) is 6.07 Å². The molecule has 1 aromatic rings. The Labute approximate surface area is 93.3 Å². The first-order valence-corrected chi connectivity index (χ1v) is 5.17. The van der Waals surface area contributed by atoms with Gasteiger partial charge in [-0.15, -0.1) is 0 Å². The fourth-order valence-electron chi connectivity index (χ4n) is 1.20. The number of rotatable bonds is 3. The lowest BCUT2D eigenvalue weighted by atomic mass is 10.1. The van der Waals surface area contributed by atoms with Crippen LogP contribution in [-0.2, 0) is 5.33 Å². The normalized spacial score (nSPS) is 10.7. The first-order valence-electron chi connectivity index (χ1n) is 4.05. The lowest BCUT2D eigenvalue weighted by Crippen LogP contribution is -2.07. The molecule has 0 aliphatic rings. The van der Waals surface area contributed by atoms with Gasteiger partial charge in [0.1, 0.15) is 5.69 Å². The minimum Gasteiger partial charge on any atom is -0.477 e. The molecule has 0 atom stereocenters. The Morgan fingerprint density at radius 2 is 2.27 bits per heavy atom. The Hall–Kier alpha value is -1.04. The summed E-state index contributed by atoms with van der Waals surface area (Å²) in [5, 5.41) is 8.89. The predicted octanol–water partition coefficient (Wildman–Crippen LogP) is 2.92. The Balaban J connectivity index is 3.38. The van der Waals surface area contributed by atoms with Crippen LogP contribution < -0.4 is 0 Å². The molecule has 0 radical (unpaired) electrons. The number of pyridine rings is 1. The maximum absolute atomic E-state index is 12.6. The maximum Gasteiger partial charge on any atom is 0.354 e. The predicted molar refractivity (Wildman–Crippen MR) is 53.5 cm³/mol. The molecule has 15 heavy (non-hydrogen) atoms. The Kier molecular flexibility index (Phi) is 3.73. The van der Waals surface area contributed by atoms with E-state index in [2.05, 4.69) is 20.9 Å². The molecule has 0 saturated carbocycles. The van der Waals surface area contributed by atoms with Gasteiger partial charge in [-0.2, -0.15) is 0 Å². The van der Waals surface area contributed by atoms with Crippen LogP contribution in [0.25, 0.3) is 0 Å². The largest absolute Gasteiger partial charge is 0.477 e. The first kappa shape index (κ1) is 12.0. The van der Waals surface area contributed by atoms with Gasteiger partial charge in [0, 0.05) is 16.6 Å². The van der Waals surface area contributed by atoms with E-state index in [0.717, 1.165) is 6.07 Å².